The molecule has 1 amide bonds. The number of carbonyl (C=O) groups excluding carboxylic acids is 1. The van der Waals surface area contributed by atoms with E-state index < -0.39 is 6.10 Å². The van der Waals surface area contributed by atoms with Gasteiger partial charge in [0, 0.05) is 19.1 Å². The molecule has 152 valence electrons. The van der Waals surface area contributed by atoms with Crippen LogP contribution in [-0.2, 0) is 4.79 Å². The smallest absolute Gasteiger partial charge is 0.261 e. The molecule has 2 atom stereocenters. The van der Waals surface area contributed by atoms with Gasteiger partial charge in [-0.1, -0.05) is 50.6 Å². The van der Waals surface area contributed by atoms with Crippen LogP contribution in [0.2, 0.25) is 0 Å². The lowest BCUT2D eigenvalue weighted by Gasteiger charge is -2.35. The lowest BCUT2D eigenvalue weighted by Crippen LogP contribution is -2.42. The van der Waals surface area contributed by atoms with Crippen molar-refractivity contribution in [3.63, 3.8) is 0 Å². The first kappa shape index (κ1) is 20.7. The van der Waals surface area contributed by atoms with Crippen molar-refractivity contribution in [2.75, 3.05) is 19.6 Å². The van der Waals surface area contributed by atoms with Crippen molar-refractivity contribution in [2.24, 2.45) is 0 Å². The fourth-order valence-electron chi connectivity index (χ4n) is 4.15. The summed E-state index contributed by atoms with van der Waals surface area (Å²) in [5.41, 5.74) is 0. The number of likely N-dealkylation sites (tertiary alicyclic amines) is 1. The fourth-order valence-corrected chi connectivity index (χ4v) is 4.15. The van der Waals surface area contributed by atoms with Gasteiger partial charge in [-0.25, -0.2) is 0 Å². The standard InChI is InChI=1S/C24H34N2O2/c1-3-21-12-7-8-16-26(21)17-9-15-25-24(27)23(4-2)28-22-14-13-19-10-5-6-11-20(19)18-22/h5-6,10-11,13-14,18,21,23H,3-4,7-9,12,15-17H2,1-2H3,(H,25,27)/t21-,23-/m1/s1. The van der Waals surface area contributed by atoms with E-state index in [4.69, 9.17) is 4.74 Å². The van der Waals surface area contributed by atoms with Crippen LogP contribution in [0.15, 0.2) is 42.5 Å². The van der Waals surface area contributed by atoms with E-state index in [0.717, 1.165) is 30.1 Å². The Hall–Kier alpha value is -2.07. The second kappa shape index (κ2) is 10.5. The maximum absolute atomic E-state index is 12.6. The molecule has 1 aliphatic heterocycles. The van der Waals surface area contributed by atoms with Crippen LogP contribution in [0.4, 0.5) is 0 Å². The van der Waals surface area contributed by atoms with Crippen LogP contribution in [0, 0.1) is 0 Å². The second-order valence-corrected chi connectivity index (χ2v) is 7.76. The zero-order chi connectivity index (χ0) is 19.8. The molecule has 1 saturated heterocycles. The van der Waals surface area contributed by atoms with E-state index >= 15 is 0 Å². The molecule has 0 saturated carbocycles. The average molecular weight is 383 g/mol. The molecule has 2 aromatic carbocycles. The Balaban J connectivity index is 1.46. The van der Waals surface area contributed by atoms with Crippen molar-refractivity contribution in [1.82, 2.24) is 10.2 Å². The average Bonchev–Trinajstić information content (AvgIpc) is 2.75. The minimum absolute atomic E-state index is 0.0126. The lowest BCUT2D eigenvalue weighted by atomic mass is 10.00. The van der Waals surface area contributed by atoms with Gasteiger partial charge in [0.25, 0.3) is 5.91 Å². The number of hydrogen-bond acceptors (Lipinski definition) is 3. The Labute approximate surface area is 169 Å². The Morgan fingerprint density at radius 1 is 1.18 bits per heavy atom. The van der Waals surface area contributed by atoms with Crippen LogP contribution < -0.4 is 10.1 Å². The van der Waals surface area contributed by atoms with Crippen molar-refractivity contribution < 1.29 is 9.53 Å². The first-order valence-electron chi connectivity index (χ1n) is 10.9. The quantitative estimate of drug-likeness (QED) is 0.635. The molecule has 4 nitrogen and oxygen atoms in total. The van der Waals surface area contributed by atoms with Crippen LogP contribution >= 0.6 is 0 Å². The van der Waals surface area contributed by atoms with Gasteiger partial charge >= 0.3 is 0 Å². The van der Waals surface area contributed by atoms with Crippen molar-refractivity contribution in [3.8, 4) is 5.75 Å². The molecule has 0 unspecified atom stereocenters. The monoisotopic (exact) mass is 382 g/mol. The van der Waals surface area contributed by atoms with Gasteiger partial charge in [-0.15, -0.1) is 0 Å². The molecular formula is C24H34N2O2. The number of amides is 1. The lowest BCUT2D eigenvalue weighted by molar-refractivity contribution is -0.128. The van der Waals surface area contributed by atoms with Crippen molar-refractivity contribution >= 4 is 16.7 Å². The third kappa shape index (κ3) is 5.48. The molecular weight excluding hydrogens is 348 g/mol. The van der Waals surface area contributed by atoms with Gasteiger partial charge < -0.3 is 15.0 Å². The summed E-state index contributed by atoms with van der Waals surface area (Å²) in [5, 5.41) is 5.38. The number of piperidine rings is 1. The molecule has 4 heteroatoms. The summed E-state index contributed by atoms with van der Waals surface area (Å²) in [7, 11) is 0. The minimum Gasteiger partial charge on any atom is -0.481 e. The highest BCUT2D eigenvalue weighted by atomic mass is 16.5. The normalized spacial score (nSPS) is 18.7. The maximum Gasteiger partial charge on any atom is 0.261 e. The zero-order valence-electron chi connectivity index (χ0n) is 17.3. The first-order valence-corrected chi connectivity index (χ1v) is 10.9. The molecule has 1 fully saturated rings. The summed E-state index contributed by atoms with van der Waals surface area (Å²) < 4.78 is 5.99. The van der Waals surface area contributed by atoms with Gasteiger partial charge in [-0.05, 0) is 61.6 Å². The van der Waals surface area contributed by atoms with Gasteiger partial charge in [-0.3, -0.25) is 4.79 Å². The SMILES string of the molecule is CC[C@@H]1CCCCN1CCCNC(=O)[C@@H](CC)Oc1ccc2ccccc2c1. The summed E-state index contributed by atoms with van der Waals surface area (Å²) in [6, 6.07) is 14.9. The van der Waals surface area contributed by atoms with E-state index in [9.17, 15) is 4.79 Å². The molecule has 0 aliphatic carbocycles. The highest BCUT2D eigenvalue weighted by Crippen LogP contribution is 2.22. The molecule has 1 heterocycles. The van der Waals surface area contributed by atoms with Crippen molar-refractivity contribution in [1.29, 1.82) is 0 Å². The third-order valence-electron chi connectivity index (χ3n) is 5.80. The van der Waals surface area contributed by atoms with Gasteiger partial charge in [0.05, 0.1) is 0 Å². The van der Waals surface area contributed by atoms with E-state index in [0.29, 0.717) is 13.0 Å². The Morgan fingerprint density at radius 2 is 2.00 bits per heavy atom. The van der Waals surface area contributed by atoms with Gasteiger partial charge in [0.1, 0.15) is 5.75 Å². The summed E-state index contributed by atoms with van der Waals surface area (Å²) in [6.07, 6.45) is 6.41. The van der Waals surface area contributed by atoms with E-state index in [1.807, 2.05) is 37.3 Å². The molecule has 1 N–H and O–H groups in total. The molecule has 3 rings (SSSR count). The molecule has 0 spiro atoms. The van der Waals surface area contributed by atoms with Crippen molar-refractivity contribution in [2.45, 2.75) is 64.5 Å². The molecule has 2 aromatic rings. The largest absolute Gasteiger partial charge is 0.481 e. The van der Waals surface area contributed by atoms with Gasteiger partial charge in [-0.2, -0.15) is 0 Å². The number of ether oxygens (including phenoxy) is 1. The van der Waals surface area contributed by atoms with E-state index in [2.05, 4.69) is 29.3 Å². The zero-order valence-corrected chi connectivity index (χ0v) is 17.3. The summed E-state index contributed by atoms with van der Waals surface area (Å²) >= 11 is 0. The minimum atomic E-state index is -0.445. The topological polar surface area (TPSA) is 41.6 Å². The number of benzene rings is 2. The maximum atomic E-state index is 12.6. The Kier molecular flexibility index (Phi) is 7.72. The van der Waals surface area contributed by atoms with Gasteiger partial charge in [0.15, 0.2) is 6.10 Å². The fraction of sp³-hybridized carbons (Fsp3) is 0.542. The van der Waals surface area contributed by atoms with E-state index in [1.165, 1.54) is 37.6 Å². The van der Waals surface area contributed by atoms with Crippen molar-refractivity contribution in [3.05, 3.63) is 42.5 Å². The molecule has 0 aromatic heterocycles. The van der Waals surface area contributed by atoms with Crippen LogP contribution in [0.5, 0.6) is 5.75 Å². The van der Waals surface area contributed by atoms with Crippen LogP contribution in [-0.4, -0.2) is 42.6 Å². The number of nitrogens with one attached hydrogen (secondary N) is 1. The third-order valence-corrected chi connectivity index (χ3v) is 5.80. The first-order chi connectivity index (χ1) is 13.7. The number of carbonyl (C=O) groups is 1. The number of rotatable bonds is 9. The summed E-state index contributed by atoms with van der Waals surface area (Å²) in [4.78, 5) is 15.2. The number of hydrogen-bond donors (Lipinski definition) is 1. The van der Waals surface area contributed by atoms with Gasteiger partial charge in [0.2, 0.25) is 0 Å². The Morgan fingerprint density at radius 3 is 2.79 bits per heavy atom. The summed E-state index contributed by atoms with van der Waals surface area (Å²) in [6.45, 7) is 7.26. The molecule has 0 radical (unpaired) electrons. The van der Waals surface area contributed by atoms with Crippen LogP contribution in [0.1, 0.15) is 52.4 Å². The van der Waals surface area contributed by atoms with Crippen LogP contribution in [0.25, 0.3) is 10.8 Å². The molecule has 1 aliphatic rings. The highest BCUT2D eigenvalue weighted by Gasteiger charge is 2.21. The Bertz CT molecular complexity index is 761. The predicted octanol–water partition coefficient (Wildman–Crippen LogP) is 4.77. The highest BCUT2D eigenvalue weighted by molar-refractivity contribution is 5.84. The van der Waals surface area contributed by atoms with E-state index in [1.54, 1.807) is 0 Å². The summed E-state index contributed by atoms with van der Waals surface area (Å²) in [5.74, 6) is 0.737. The van der Waals surface area contributed by atoms with Crippen LogP contribution in [0.3, 0.4) is 0 Å². The molecule has 28 heavy (non-hydrogen) atoms. The second-order valence-electron chi connectivity index (χ2n) is 7.76. The number of nitrogens with zero attached hydrogens (tertiary/aromatic N) is 1. The predicted molar refractivity (Wildman–Crippen MR) is 116 cm³/mol. The van der Waals surface area contributed by atoms with E-state index in [-0.39, 0.29) is 5.91 Å². The molecule has 0 bridgehead atoms. The number of fused-ring (bicyclic) bond motifs is 1.